The van der Waals surface area contributed by atoms with E-state index in [1.54, 1.807) is 33.9 Å². The van der Waals surface area contributed by atoms with Crippen LogP contribution in [-0.2, 0) is 29.6 Å². The van der Waals surface area contributed by atoms with E-state index in [1.165, 1.54) is 15.9 Å². The molecule has 2 aromatic carbocycles. The lowest BCUT2D eigenvalue weighted by Crippen LogP contribution is -2.33. The van der Waals surface area contributed by atoms with Crippen LogP contribution in [0.3, 0.4) is 0 Å². The van der Waals surface area contributed by atoms with Crippen molar-refractivity contribution in [2.75, 3.05) is 6.61 Å². The van der Waals surface area contributed by atoms with E-state index in [2.05, 4.69) is 0 Å². The standard InChI is InChI=1S/C31H32ClNO6S/c1-17-20-7-6-14-37-24(20)12-11-21(17)26-22-10-8-18(38-16-19-9-13-25(32)40-19)15-23(22)29(34)33(5)27(26)28(30(35)36)39-31(2,3)4/h8-13,15,28H,6-7,14,16H2,1-5H3,(H,35,36)/t28-/m0/s1. The molecule has 2 aromatic heterocycles. The Bertz CT molecular complexity index is 1670. The minimum absolute atomic E-state index is 0.293. The Kier molecular flexibility index (Phi) is 7.70. The van der Waals surface area contributed by atoms with Gasteiger partial charge in [-0.2, -0.15) is 0 Å². The van der Waals surface area contributed by atoms with Crippen LogP contribution in [0.5, 0.6) is 11.5 Å². The van der Waals surface area contributed by atoms with Crippen molar-refractivity contribution in [1.82, 2.24) is 4.57 Å². The van der Waals surface area contributed by atoms with Gasteiger partial charge in [-0.3, -0.25) is 4.79 Å². The van der Waals surface area contributed by atoms with Crippen molar-refractivity contribution in [2.24, 2.45) is 7.05 Å². The van der Waals surface area contributed by atoms with Crippen molar-refractivity contribution >= 4 is 39.7 Å². The highest BCUT2D eigenvalue weighted by Crippen LogP contribution is 2.42. The van der Waals surface area contributed by atoms with E-state index >= 15 is 0 Å². The van der Waals surface area contributed by atoms with Crippen LogP contribution in [0.1, 0.15) is 55.0 Å². The first-order valence-electron chi connectivity index (χ1n) is 13.1. The molecule has 40 heavy (non-hydrogen) atoms. The molecule has 0 saturated carbocycles. The summed E-state index contributed by atoms with van der Waals surface area (Å²) < 4.78 is 20.1. The van der Waals surface area contributed by atoms with Crippen LogP contribution >= 0.6 is 22.9 Å². The van der Waals surface area contributed by atoms with Crippen LogP contribution in [0.15, 0.2) is 47.3 Å². The quantitative estimate of drug-likeness (QED) is 0.251. The van der Waals surface area contributed by atoms with Crippen LogP contribution in [-0.4, -0.2) is 27.9 Å². The van der Waals surface area contributed by atoms with Crippen LogP contribution in [0, 0.1) is 6.92 Å². The lowest BCUT2D eigenvalue weighted by Gasteiger charge is -2.29. The molecule has 1 atom stereocenters. The van der Waals surface area contributed by atoms with Gasteiger partial charge in [0.15, 0.2) is 6.10 Å². The normalized spacial score (nSPS) is 14.1. The molecule has 0 amide bonds. The lowest BCUT2D eigenvalue weighted by molar-refractivity contribution is -0.161. The first-order chi connectivity index (χ1) is 18.9. The van der Waals surface area contributed by atoms with E-state index in [9.17, 15) is 14.7 Å². The van der Waals surface area contributed by atoms with Gasteiger partial charge in [-0.25, -0.2) is 4.79 Å². The smallest absolute Gasteiger partial charge is 0.339 e. The van der Waals surface area contributed by atoms with E-state index in [0.29, 0.717) is 45.3 Å². The van der Waals surface area contributed by atoms with E-state index < -0.39 is 17.7 Å². The summed E-state index contributed by atoms with van der Waals surface area (Å²) in [4.78, 5) is 27.4. The minimum Gasteiger partial charge on any atom is -0.493 e. The molecule has 9 heteroatoms. The Balaban J connectivity index is 1.75. The molecule has 1 aliphatic heterocycles. The third kappa shape index (κ3) is 5.48. The minimum atomic E-state index is -1.37. The van der Waals surface area contributed by atoms with Crippen LogP contribution in [0.2, 0.25) is 4.34 Å². The molecule has 4 aromatic rings. The number of carbonyl (C=O) groups is 1. The second-order valence-corrected chi connectivity index (χ2v) is 12.7. The van der Waals surface area contributed by atoms with Crippen molar-refractivity contribution in [3.05, 3.63) is 78.9 Å². The van der Waals surface area contributed by atoms with Gasteiger partial charge in [0, 0.05) is 17.5 Å². The van der Waals surface area contributed by atoms with Crippen LogP contribution in [0.4, 0.5) is 0 Å². The molecule has 1 aliphatic rings. The second kappa shape index (κ2) is 10.9. The fraction of sp³-hybridized carbons (Fsp3) is 0.355. The average molecular weight is 582 g/mol. The van der Waals surface area contributed by atoms with Gasteiger partial charge in [-0.15, -0.1) is 11.3 Å². The molecule has 210 valence electrons. The van der Waals surface area contributed by atoms with Gasteiger partial charge in [-0.1, -0.05) is 17.7 Å². The number of hydrogen-bond donors (Lipinski definition) is 1. The zero-order chi connectivity index (χ0) is 28.8. The number of rotatable bonds is 7. The summed E-state index contributed by atoms with van der Waals surface area (Å²) in [6, 6.07) is 13.0. The topological polar surface area (TPSA) is 87.0 Å². The Hall–Kier alpha value is -3.33. The number of halogens is 1. The predicted octanol–water partition coefficient (Wildman–Crippen LogP) is 7.07. The molecule has 0 spiro atoms. The molecule has 0 fully saturated rings. The van der Waals surface area contributed by atoms with Gasteiger partial charge in [0.2, 0.25) is 0 Å². The van der Waals surface area contributed by atoms with Crippen molar-refractivity contribution in [3.63, 3.8) is 0 Å². The number of aliphatic carboxylic acids is 1. The number of ether oxygens (including phenoxy) is 3. The summed E-state index contributed by atoms with van der Waals surface area (Å²) >= 11 is 7.49. The summed E-state index contributed by atoms with van der Waals surface area (Å²) in [5.41, 5.74) is 2.76. The number of pyridine rings is 1. The Morgan fingerprint density at radius 3 is 2.62 bits per heavy atom. The maximum absolute atomic E-state index is 13.8. The van der Waals surface area contributed by atoms with Crippen LogP contribution in [0.25, 0.3) is 21.9 Å². The Labute approximate surface area is 241 Å². The number of fused-ring (bicyclic) bond motifs is 2. The maximum atomic E-state index is 13.8. The van der Waals surface area contributed by atoms with Gasteiger partial charge in [-0.05, 0) is 99.0 Å². The third-order valence-corrected chi connectivity index (χ3v) is 8.23. The molecular weight excluding hydrogens is 550 g/mol. The Morgan fingerprint density at radius 1 is 1.18 bits per heavy atom. The monoisotopic (exact) mass is 581 g/mol. The largest absolute Gasteiger partial charge is 0.493 e. The number of hydrogen-bond acceptors (Lipinski definition) is 6. The zero-order valence-corrected chi connectivity index (χ0v) is 24.7. The highest BCUT2D eigenvalue weighted by atomic mass is 35.5. The summed E-state index contributed by atoms with van der Waals surface area (Å²) in [6.45, 7) is 8.40. The molecule has 0 aliphatic carbocycles. The van der Waals surface area contributed by atoms with Gasteiger partial charge in [0.1, 0.15) is 18.1 Å². The van der Waals surface area contributed by atoms with Crippen molar-refractivity contribution in [3.8, 4) is 22.6 Å². The van der Waals surface area contributed by atoms with Crippen molar-refractivity contribution in [2.45, 2.75) is 58.8 Å². The number of benzene rings is 2. The maximum Gasteiger partial charge on any atom is 0.339 e. The summed E-state index contributed by atoms with van der Waals surface area (Å²) in [5.74, 6) is 0.205. The highest BCUT2D eigenvalue weighted by molar-refractivity contribution is 7.16. The molecule has 0 radical (unpaired) electrons. The third-order valence-electron chi connectivity index (χ3n) is 7.02. The van der Waals surface area contributed by atoms with E-state index in [4.69, 9.17) is 25.8 Å². The summed E-state index contributed by atoms with van der Waals surface area (Å²) in [7, 11) is 1.60. The van der Waals surface area contributed by atoms with E-state index in [0.717, 1.165) is 40.2 Å². The number of carboxylic acid groups (broad SMARTS) is 1. The molecule has 0 bridgehead atoms. The molecule has 3 heterocycles. The number of nitrogens with zero attached hydrogens (tertiary/aromatic N) is 1. The van der Waals surface area contributed by atoms with E-state index in [1.807, 2.05) is 43.3 Å². The van der Waals surface area contributed by atoms with Gasteiger partial charge < -0.3 is 23.9 Å². The van der Waals surface area contributed by atoms with Gasteiger partial charge in [0.25, 0.3) is 5.56 Å². The van der Waals surface area contributed by atoms with E-state index in [-0.39, 0.29) is 5.56 Å². The summed E-state index contributed by atoms with van der Waals surface area (Å²) in [5, 5.41) is 11.4. The number of aromatic nitrogens is 1. The number of thiophene rings is 1. The first-order valence-corrected chi connectivity index (χ1v) is 14.3. The average Bonchev–Trinajstić information content (AvgIpc) is 3.33. The molecule has 7 nitrogen and oxygen atoms in total. The molecule has 0 unspecified atom stereocenters. The van der Waals surface area contributed by atoms with Crippen molar-refractivity contribution < 1.29 is 24.1 Å². The molecular formula is C31H32ClNO6S. The fourth-order valence-corrected chi connectivity index (χ4v) is 6.23. The highest BCUT2D eigenvalue weighted by Gasteiger charge is 2.34. The fourth-order valence-electron chi connectivity index (χ4n) is 5.23. The van der Waals surface area contributed by atoms with Crippen LogP contribution < -0.4 is 15.0 Å². The Morgan fingerprint density at radius 2 is 1.95 bits per heavy atom. The number of carboxylic acids is 1. The molecule has 1 N–H and O–H groups in total. The van der Waals surface area contributed by atoms with Gasteiger partial charge in [0.05, 0.1) is 27.6 Å². The van der Waals surface area contributed by atoms with Crippen molar-refractivity contribution in [1.29, 1.82) is 0 Å². The molecule has 0 saturated heterocycles. The summed E-state index contributed by atoms with van der Waals surface area (Å²) in [6.07, 6.45) is 0.391. The second-order valence-electron chi connectivity index (χ2n) is 10.9. The SMILES string of the molecule is Cc1c(-c2c([C@H](OC(C)(C)C)C(=O)O)n(C)c(=O)c3cc(OCc4ccc(Cl)s4)ccc23)ccc2c1CCCO2. The zero-order valence-electron chi connectivity index (χ0n) is 23.2. The first kappa shape index (κ1) is 28.2. The predicted molar refractivity (Wildman–Crippen MR) is 158 cm³/mol. The van der Waals surface area contributed by atoms with Gasteiger partial charge >= 0.3 is 5.97 Å². The molecule has 5 rings (SSSR count). The lowest BCUT2D eigenvalue weighted by atomic mass is 9.88.